The number of pyridine rings is 1. The highest BCUT2D eigenvalue weighted by Gasteiger charge is 2.16. The van der Waals surface area contributed by atoms with Crippen LogP contribution in [0, 0.1) is 0 Å². The minimum atomic E-state index is -0.146. The van der Waals surface area contributed by atoms with Gasteiger partial charge in [-0.25, -0.2) is 15.0 Å². The summed E-state index contributed by atoms with van der Waals surface area (Å²) in [5, 5.41) is 12.3. The minimum Gasteiger partial charge on any atom is -0.382 e. The molecule has 4 rings (SSSR count). The van der Waals surface area contributed by atoms with Gasteiger partial charge in [-0.2, -0.15) is 0 Å². The lowest BCUT2D eigenvalue weighted by molar-refractivity contribution is 0.0949. The predicted octanol–water partition coefficient (Wildman–Crippen LogP) is 5.52. The smallest absolute Gasteiger partial charge is 0.270 e. The van der Waals surface area contributed by atoms with Crippen molar-refractivity contribution < 1.29 is 4.79 Å². The molecule has 9 heteroatoms. The van der Waals surface area contributed by atoms with E-state index < -0.39 is 0 Å². The van der Waals surface area contributed by atoms with E-state index in [4.69, 9.17) is 0 Å². The van der Waals surface area contributed by atoms with E-state index in [9.17, 15) is 4.79 Å². The number of anilines is 3. The van der Waals surface area contributed by atoms with Crippen LogP contribution in [-0.2, 0) is 0 Å². The van der Waals surface area contributed by atoms with Crippen LogP contribution in [0.1, 0.15) is 37.7 Å². The largest absolute Gasteiger partial charge is 0.382 e. The van der Waals surface area contributed by atoms with Crippen molar-refractivity contribution in [2.45, 2.75) is 33.2 Å². The number of nitrogens with zero attached hydrogens (tertiary/aromatic N) is 3. The Hall–Kier alpha value is -3.04. The van der Waals surface area contributed by atoms with Gasteiger partial charge in [-0.3, -0.25) is 4.79 Å². The molecular weight excluding hydrogens is 428 g/mol. The van der Waals surface area contributed by atoms with Crippen molar-refractivity contribution in [3.8, 4) is 10.6 Å². The molecule has 7 nitrogen and oxygen atoms in total. The molecule has 0 spiro atoms. The van der Waals surface area contributed by atoms with Gasteiger partial charge in [-0.15, -0.1) is 22.7 Å². The van der Waals surface area contributed by atoms with Gasteiger partial charge >= 0.3 is 0 Å². The molecule has 0 saturated heterocycles. The van der Waals surface area contributed by atoms with Crippen molar-refractivity contribution in [3.05, 3.63) is 47.0 Å². The van der Waals surface area contributed by atoms with E-state index in [2.05, 4.69) is 50.8 Å². The first kappa shape index (κ1) is 21.2. The Kier molecular flexibility index (Phi) is 6.43. The second-order valence-electron chi connectivity index (χ2n) is 7.37. The van der Waals surface area contributed by atoms with Gasteiger partial charge in [0.25, 0.3) is 5.91 Å². The topological polar surface area (TPSA) is 91.8 Å². The zero-order valence-electron chi connectivity index (χ0n) is 17.6. The summed E-state index contributed by atoms with van der Waals surface area (Å²) in [7, 11) is 0. The molecule has 0 atom stereocenters. The van der Waals surface area contributed by atoms with E-state index in [1.807, 2.05) is 30.6 Å². The van der Waals surface area contributed by atoms with Gasteiger partial charge in [0, 0.05) is 41.6 Å². The fourth-order valence-corrected chi connectivity index (χ4v) is 4.58. The van der Waals surface area contributed by atoms with Crippen LogP contribution in [0.25, 0.3) is 20.8 Å². The van der Waals surface area contributed by atoms with Crippen LogP contribution < -0.4 is 16.0 Å². The van der Waals surface area contributed by atoms with Crippen molar-refractivity contribution in [1.29, 1.82) is 0 Å². The maximum Gasteiger partial charge on any atom is 0.270 e. The van der Waals surface area contributed by atoms with Gasteiger partial charge in [0.2, 0.25) is 0 Å². The first-order valence-electron chi connectivity index (χ1n) is 10.1. The third-order valence-corrected chi connectivity index (χ3v) is 6.12. The van der Waals surface area contributed by atoms with Crippen LogP contribution in [0.2, 0.25) is 0 Å². The molecule has 31 heavy (non-hydrogen) atoms. The molecule has 0 aliphatic heterocycles. The Balaban J connectivity index is 1.61. The molecule has 3 N–H and O–H groups in total. The fourth-order valence-electron chi connectivity index (χ4n) is 3.04. The normalized spacial score (nSPS) is 11.1. The summed E-state index contributed by atoms with van der Waals surface area (Å²) in [5.74, 6) is 0.584. The Labute approximate surface area is 189 Å². The van der Waals surface area contributed by atoms with Gasteiger partial charge in [0.05, 0.1) is 21.3 Å². The van der Waals surface area contributed by atoms with Crippen LogP contribution in [0.4, 0.5) is 17.2 Å². The molecule has 160 valence electrons. The second kappa shape index (κ2) is 9.40. The predicted molar refractivity (Wildman–Crippen MR) is 130 cm³/mol. The van der Waals surface area contributed by atoms with E-state index in [0.29, 0.717) is 12.2 Å². The first-order chi connectivity index (χ1) is 15.0. The summed E-state index contributed by atoms with van der Waals surface area (Å²) in [6.45, 7) is 6.83. The third-order valence-electron chi connectivity index (χ3n) is 4.45. The quantitative estimate of drug-likeness (QED) is 0.326. The lowest BCUT2D eigenvalue weighted by Gasteiger charge is -2.15. The second-order valence-corrected chi connectivity index (χ2v) is 9.11. The molecule has 3 heterocycles. The summed E-state index contributed by atoms with van der Waals surface area (Å²) in [6, 6.07) is 8.27. The fraction of sp³-hybridized carbons (Fsp3) is 0.273. The van der Waals surface area contributed by atoms with E-state index in [1.54, 1.807) is 22.9 Å². The van der Waals surface area contributed by atoms with Crippen molar-refractivity contribution in [2.75, 3.05) is 17.2 Å². The van der Waals surface area contributed by atoms with Crippen LogP contribution in [0.3, 0.4) is 0 Å². The number of thiazole rings is 2. The Bertz CT molecular complexity index is 1200. The zero-order chi connectivity index (χ0) is 21.8. The van der Waals surface area contributed by atoms with Crippen molar-refractivity contribution in [1.82, 2.24) is 20.3 Å². The van der Waals surface area contributed by atoms with Gasteiger partial charge in [-0.1, -0.05) is 6.92 Å². The lowest BCUT2D eigenvalue weighted by Crippen LogP contribution is -2.24. The molecule has 0 unspecified atom stereocenters. The van der Waals surface area contributed by atoms with E-state index in [1.165, 1.54) is 11.3 Å². The Morgan fingerprint density at radius 1 is 1.16 bits per heavy atom. The number of aromatic nitrogens is 3. The minimum absolute atomic E-state index is 0.146. The third kappa shape index (κ3) is 5.00. The summed E-state index contributed by atoms with van der Waals surface area (Å²) in [6.07, 6.45) is 2.68. The number of benzene rings is 1. The maximum atomic E-state index is 12.2. The summed E-state index contributed by atoms with van der Waals surface area (Å²) in [4.78, 5) is 25.7. The highest BCUT2D eigenvalue weighted by atomic mass is 32.1. The Morgan fingerprint density at radius 2 is 2.03 bits per heavy atom. The lowest BCUT2D eigenvalue weighted by atomic mass is 10.2. The summed E-state index contributed by atoms with van der Waals surface area (Å²) < 4.78 is 1.12. The van der Waals surface area contributed by atoms with Crippen LogP contribution >= 0.6 is 22.7 Å². The zero-order valence-corrected chi connectivity index (χ0v) is 19.2. The molecular formula is C22H24N6OS2. The van der Waals surface area contributed by atoms with Gasteiger partial charge < -0.3 is 16.0 Å². The molecule has 0 fully saturated rings. The van der Waals surface area contributed by atoms with Gasteiger partial charge in [-0.05, 0) is 38.5 Å². The van der Waals surface area contributed by atoms with Crippen LogP contribution in [0.5, 0.6) is 0 Å². The number of hydrogen-bond donors (Lipinski definition) is 3. The molecule has 0 aliphatic carbocycles. The molecule has 0 bridgehead atoms. The Morgan fingerprint density at radius 3 is 2.84 bits per heavy atom. The molecule has 4 aromatic rings. The highest BCUT2D eigenvalue weighted by molar-refractivity contribution is 7.16. The molecule has 1 amide bonds. The average Bonchev–Trinajstić information content (AvgIpc) is 3.41. The van der Waals surface area contributed by atoms with Crippen molar-refractivity contribution in [2.24, 2.45) is 0 Å². The molecule has 1 aromatic carbocycles. The molecule has 0 aliphatic rings. The number of hydrogen-bond acceptors (Lipinski definition) is 8. The van der Waals surface area contributed by atoms with E-state index in [0.717, 1.165) is 44.4 Å². The van der Waals surface area contributed by atoms with Gasteiger partial charge in [0.1, 0.15) is 16.5 Å². The SMILES string of the molecule is CCCNC(=O)c1csc(-c2cnc(Nc3ccc4ncsc4c3)cc2NC(C)C)n1. The van der Waals surface area contributed by atoms with Crippen molar-refractivity contribution in [3.63, 3.8) is 0 Å². The number of carbonyl (C=O) groups excluding carboxylic acids is 1. The van der Waals surface area contributed by atoms with E-state index >= 15 is 0 Å². The number of carbonyl (C=O) groups is 1. The average molecular weight is 453 g/mol. The molecule has 3 aromatic heterocycles. The summed E-state index contributed by atoms with van der Waals surface area (Å²) >= 11 is 3.05. The van der Waals surface area contributed by atoms with Gasteiger partial charge in [0.15, 0.2) is 0 Å². The number of fused-ring (bicyclic) bond motifs is 1. The molecule has 0 radical (unpaired) electrons. The van der Waals surface area contributed by atoms with Crippen LogP contribution in [0.15, 0.2) is 41.4 Å². The summed E-state index contributed by atoms with van der Waals surface area (Å²) in [5.41, 5.74) is 6.01. The maximum absolute atomic E-state index is 12.2. The number of nitrogens with one attached hydrogen (secondary N) is 3. The molecule has 0 saturated carbocycles. The monoisotopic (exact) mass is 452 g/mol. The number of rotatable bonds is 8. The number of amides is 1. The first-order valence-corrected chi connectivity index (χ1v) is 11.9. The van der Waals surface area contributed by atoms with Crippen molar-refractivity contribution >= 4 is 56.0 Å². The standard InChI is InChI=1S/C22H24N6OS2/c1-4-7-23-21(29)18-11-30-22(28-18)15-10-24-20(9-17(15)26-13(2)3)27-14-5-6-16-19(8-14)31-12-25-16/h5-6,8-13H,4,7H2,1-3H3,(H,23,29)(H2,24,26,27). The van der Waals surface area contributed by atoms with E-state index in [-0.39, 0.29) is 11.9 Å². The van der Waals surface area contributed by atoms with Crippen LogP contribution in [-0.4, -0.2) is 33.4 Å². The highest BCUT2D eigenvalue weighted by Crippen LogP contribution is 2.33.